The molecular weight excluding hydrogens is 254 g/mol. The first-order chi connectivity index (χ1) is 9.63. The van der Waals surface area contributed by atoms with Gasteiger partial charge in [0.05, 0.1) is 18.2 Å². The predicted molar refractivity (Wildman–Crippen MR) is 77.2 cm³/mol. The fraction of sp³-hybridized carbons (Fsp3) is 0.600. The first kappa shape index (κ1) is 14.9. The molecule has 20 heavy (non-hydrogen) atoms. The summed E-state index contributed by atoms with van der Waals surface area (Å²) in [6, 6.07) is 4.12. The summed E-state index contributed by atoms with van der Waals surface area (Å²) in [4.78, 5) is 18.6. The Morgan fingerprint density at radius 1 is 1.50 bits per heavy atom. The smallest absolute Gasteiger partial charge is 0.224 e. The van der Waals surface area contributed by atoms with Crippen molar-refractivity contribution in [3.05, 3.63) is 29.6 Å². The quantitative estimate of drug-likeness (QED) is 0.866. The van der Waals surface area contributed by atoms with E-state index in [9.17, 15) is 4.79 Å². The molecule has 0 spiro atoms. The van der Waals surface area contributed by atoms with Crippen molar-refractivity contribution >= 4 is 5.91 Å². The van der Waals surface area contributed by atoms with E-state index >= 15 is 0 Å². The van der Waals surface area contributed by atoms with Crippen molar-refractivity contribution in [3.63, 3.8) is 0 Å². The van der Waals surface area contributed by atoms with Crippen LogP contribution in [0.15, 0.2) is 18.3 Å². The summed E-state index contributed by atoms with van der Waals surface area (Å²) in [7, 11) is 3.38. The van der Waals surface area contributed by atoms with Crippen molar-refractivity contribution in [2.45, 2.75) is 13.5 Å². The van der Waals surface area contributed by atoms with Crippen molar-refractivity contribution in [1.82, 2.24) is 15.2 Å². The lowest BCUT2D eigenvalue weighted by Gasteiger charge is -2.15. The SMILES string of the molecule is CNC(=O)[C@@H]1CN(Cc2ccc(C)cn2)C[C@H]1COC. The molecule has 110 valence electrons. The van der Waals surface area contributed by atoms with Crippen molar-refractivity contribution in [3.8, 4) is 0 Å². The number of likely N-dealkylation sites (tertiary alicyclic amines) is 1. The molecule has 1 N–H and O–H groups in total. The molecule has 0 bridgehead atoms. The number of methoxy groups -OCH3 is 1. The number of rotatable bonds is 5. The highest BCUT2D eigenvalue weighted by Crippen LogP contribution is 2.25. The normalized spacial score (nSPS) is 22.9. The first-order valence-corrected chi connectivity index (χ1v) is 6.98. The molecule has 1 aromatic rings. The van der Waals surface area contributed by atoms with E-state index in [1.165, 1.54) is 0 Å². The second-order valence-corrected chi connectivity index (χ2v) is 5.46. The number of carbonyl (C=O) groups excluding carboxylic acids is 1. The summed E-state index contributed by atoms with van der Waals surface area (Å²) in [5.41, 5.74) is 2.21. The van der Waals surface area contributed by atoms with E-state index in [0.717, 1.165) is 30.9 Å². The van der Waals surface area contributed by atoms with Crippen molar-refractivity contribution in [1.29, 1.82) is 0 Å². The minimum Gasteiger partial charge on any atom is -0.384 e. The summed E-state index contributed by atoms with van der Waals surface area (Å²) in [6.07, 6.45) is 1.88. The predicted octanol–water partition coefficient (Wildman–Crippen LogP) is 0.830. The molecule has 0 unspecified atom stereocenters. The standard InChI is InChI=1S/C15H23N3O2/c1-11-4-5-13(17-6-11)8-18-7-12(10-20-3)14(9-18)15(19)16-2/h4-6,12,14H,7-10H2,1-3H3,(H,16,19)/t12-,14+/m0/s1. The number of aromatic nitrogens is 1. The molecule has 1 aromatic heterocycles. The monoisotopic (exact) mass is 277 g/mol. The number of pyridine rings is 1. The molecule has 0 aliphatic carbocycles. The van der Waals surface area contributed by atoms with Crippen LogP contribution < -0.4 is 5.32 Å². The lowest BCUT2D eigenvalue weighted by atomic mass is 9.96. The molecule has 1 aliphatic rings. The molecule has 2 heterocycles. The molecule has 1 saturated heterocycles. The third-order valence-electron chi connectivity index (χ3n) is 3.84. The highest BCUT2D eigenvalue weighted by atomic mass is 16.5. The number of carbonyl (C=O) groups is 1. The zero-order chi connectivity index (χ0) is 14.5. The Labute approximate surface area is 120 Å². The van der Waals surface area contributed by atoms with Gasteiger partial charge in [0.2, 0.25) is 5.91 Å². The van der Waals surface area contributed by atoms with Gasteiger partial charge in [0.15, 0.2) is 0 Å². The Balaban J connectivity index is 2.00. The number of nitrogens with one attached hydrogen (secondary N) is 1. The molecule has 5 nitrogen and oxygen atoms in total. The van der Waals surface area contributed by atoms with Crippen molar-refractivity contribution in [2.24, 2.45) is 11.8 Å². The number of aryl methyl sites for hydroxylation is 1. The Morgan fingerprint density at radius 3 is 2.90 bits per heavy atom. The van der Waals surface area contributed by atoms with Crippen LogP contribution in [0, 0.1) is 18.8 Å². The van der Waals surface area contributed by atoms with Crippen molar-refractivity contribution < 1.29 is 9.53 Å². The molecule has 0 radical (unpaired) electrons. The Hall–Kier alpha value is -1.46. The van der Waals surface area contributed by atoms with Crippen LogP contribution in [-0.2, 0) is 16.1 Å². The Bertz CT molecular complexity index is 447. The third kappa shape index (κ3) is 3.55. The van der Waals surface area contributed by atoms with Gasteiger partial charge in [0.1, 0.15) is 0 Å². The van der Waals surface area contributed by atoms with Crippen LogP contribution in [0.5, 0.6) is 0 Å². The lowest BCUT2D eigenvalue weighted by molar-refractivity contribution is -0.125. The van der Waals surface area contributed by atoms with Gasteiger partial charge in [-0.15, -0.1) is 0 Å². The Kier molecular flexibility index (Phi) is 5.09. The Morgan fingerprint density at radius 2 is 2.30 bits per heavy atom. The zero-order valence-electron chi connectivity index (χ0n) is 12.4. The van der Waals surface area contributed by atoms with E-state index in [0.29, 0.717) is 6.61 Å². The highest BCUT2D eigenvalue weighted by Gasteiger charge is 2.37. The van der Waals surface area contributed by atoms with E-state index in [1.54, 1.807) is 14.2 Å². The summed E-state index contributed by atoms with van der Waals surface area (Å²) >= 11 is 0. The van der Waals surface area contributed by atoms with Gasteiger partial charge in [-0.05, 0) is 18.6 Å². The minimum atomic E-state index is 0.00500. The molecule has 0 aromatic carbocycles. The maximum Gasteiger partial charge on any atom is 0.224 e. The average Bonchev–Trinajstić information content (AvgIpc) is 2.84. The van der Waals surface area contributed by atoms with Crippen LogP contribution in [-0.4, -0.2) is 49.6 Å². The average molecular weight is 277 g/mol. The van der Waals surface area contributed by atoms with Crippen LogP contribution in [0.25, 0.3) is 0 Å². The lowest BCUT2D eigenvalue weighted by Crippen LogP contribution is -2.34. The van der Waals surface area contributed by atoms with Gasteiger partial charge in [0, 0.05) is 45.9 Å². The summed E-state index contributed by atoms with van der Waals surface area (Å²) in [5.74, 6) is 0.363. The van der Waals surface area contributed by atoms with E-state index in [4.69, 9.17) is 4.74 Å². The maximum absolute atomic E-state index is 11.9. The van der Waals surface area contributed by atoms with Crippen LogP contribution in [0.3, 0.4) is 0 Å². The number of amides is 1. The van der Waals surface area contributed by atoms with Gasteiger partial charge in [-0.2, -0.15) is 0 Å². The molecule has 1 aliphatic heterocycles. The van der Waals surface area contributed by atoms with Crippen LogP contribution >= 0.6 is 0 Å². The van der Waals surface area contributed by atoms with E-state index in [-0.39, 0.29) is 17.7 Å². The van der Waals surface area contributed by atoms with Gasteiger partial charge in [-0.1, -0.05) is 6.07 Å². The van der Waals surface area contributed by atoms with Gasteiger partial charge < -0.3 is 10.1 Å². The van der Waals surface area contributed by atoms with E-state index in [1.807, 2.05) is 19.2 Å². The number of nitrogens with zero attached hydrogens (tertiary/aromatic N) is 2. The molecule has 0 saturated carbocycles. The summed E-state index contributed by atoms with van der Waals surface area (Å²) in [5, 5.41) is 2.75. The second kappa shape index (κ2) is 6.81. The largest absolute Gasteiger partial charge is 0.384 e. The fourth-order valence-electron chi connectivity index (χ4n) is 2.78. The van der Waals surface area contributed by atoms with Crippen LogP contribution in [0.2, 0.25) is 0 Å². The zero-order valence-corrected chi connectivity index (χ0v) is 12.4. The topological polar surface area (TPSA) is 54.5 Å². The molecule has 5 heteroatoms. The van der Waals surface area contributed by atoms with E-state index in [2.05, 4.69) is 21.3 Å². The van der Waals surface area contributed by atoms with Crippen LogP contribution in [0.1, 0.15) is 11.3 Å². The number of hydrogen-bond acceptors (Lipinski definition) is 4. The molecule has 1 fully saturated rings. The second-order valence-electron chi connectivity index (χ2n) is 5.46. The highest BCUT2D eigenvalue weighted by molar-refractivity contribution is 5.79. The minimum absolute atomic E-state index is 0.00500. The summed E-state index contributed by atoms with van der Waals surface area (Å²) < 4.78 is 5.24. The van der Waals surface area contributed by atoms with Gasteiger partial charge in [-0.25, -0.2) is 0 Å². The third-order valence-corrected chi connectivity index (χ3v) is 3.84. The molecule has 2 atom stereocenters. The fourth-order valence-corrected chi connectivity index (χ4v) is 2.78. The summed E-state index contributed by atoms with van der Waals surface area (Å²) in [6.45, 7) is 5.08. The van der Waals surface area contributed by atoms with Crippen molar-refractivity contribution in [2.75, 3.05) is 33.9 Å². The molecular formula is C15H23N3O2. The number of ether oxygens (including phenoxy) is 1. The number of hydrogen-bond donors (Lipinski definition) is 1. The first-order valence-electron chi connectivity index (χ1n) is 6.98. The molecule has 2 rings (SSSR count). The van der Waals surface area contributed by atoms with Gasteiger partial charge >= 0.3 is 0 Å². The molecule has 1 amide bonds. The van der Waals surface area contributed by atoms with Crippen LogP contribution in [0.4, 0.5) is 0 Å². The van der Waals surface area contributed by atoms with Gasteiger partial charge in [-0.3, -0.25) is 14.7 Å². The van der Waals surface area contributed by atoms with E-state index < -0.39 is 0 Å². The maximum atomic E-state index is 11.9. The van der Waals surface area contributed by atoms with Gasteiger partial charge in [0.25, 0.3) is 0 Å².